The molecule has 0 aliphatic carbocycles. The lowest BCUT2D eigenvalue weighted by molar-refractivity contribution is 0.155. The van der Waals surface area contributed by atoms with Crippen molar-refractivity contribution in [3.63, 3.8) is 0 Å². The number of hydrogen-bond acceptors (Lipinski definition) is 3. The van der Waals surface area contributed by atoms with Crippen LogP contribution in [0.25, 0.3) is 0 Å². The summed E-state index contributed by atoms with van der Waals surface area (Å²) in [5, 5.41) is 11.9. The van der Waals surface area contributed by atoms with Gasteiger partial charge in [0, 0.05) is 33.2 Å². The highest BCUT2D eigenvalue weighted by Gasteiger charge is 2.53. The molecule has 0 radical (unpaired) electrons. The molecule has 0 aromatic carbocycles. The molecule has 3 rings (SSSR count). The van der Waals surface area contributed by atoms with Crippen LogP contribution in [0.5, 0.6) is 0 Å². The van der Waals surface area contributed by atoms with Gasteiger partial charge in [-0.15, -0.1) is 0 Å². The molecule has 0 aromatic rings. The van der Waals surface area contributed by atoms with Crippen LogP contribution in [0, 0.1) is 0 Å². The van der Waals surface area contributed by atoms with E-state index in [2.05, 4.69) is 99.0 Å². The summed E-state index contributed by atoms with van der Waals surface area (Å²) in [7, 11) is 0. The average Bonchev–Trinajstić information content (AvgIpc) is 2.35. The lowest BCUT2D eigenvalue weighted by atomic mass is 9.22. The second kappa shape index (κ2) is 7.74. The number of hydrogen-bond donors (Lipinski definition) is 3. The molecule has 0 aromatic heterocycles. The molecule has 3 aliphatic heterocycles. The van der Waals surface area contributed by atoms with E-state index < -0.39 is 0 Å². The maximum atomic E-state index is 3.96. The SMILES string of the molecule is CC1(C)CC(B(C2CC(C)(C)NC(C)(C)C2)C2CC(C)(C)NC(C)(C)C2)CC(C)(C)N1. The van der Waals surface area contributed by atoms with Gasteiger partial charge in [0.25, 0.3) is 0 Å². The summed E-state index contributed by atoms with van der Waals surface area (Å²) in [4.78, 5) is 0. The van der Waals surface area contributed by atoms with E-state index in [4.69, 9.17) is 0 Å². The zero-order valence-corrected chi connectivity index (χ0v) is 23.1. The van der Waals surface area contributed by atoms with E-state index in [1.165, 1.54) is 38.5 Å². The molecule has 0 amide bonds. The summed E-state index contributed by atoms with van der Waals surface area (Å²) in [6.07, 6.45) is 7.81. The van der Waals surface area contributed by atoms with Crippen molar-refractivity contribution in [2.24, 2.45) is 0 Å². The molecule has 3 heterocycles. The van der Waals surface area contributed by atoms with Crippen LogP contribution in [0.3, 0.4) is 0 Å². The second-order valence-electron chi connectivity index (χ2n) is 15.8. The van der Waals surface area contributed by atoms with Crippen molar-refractivity contribution in [1.82, 2.24) is 16.0 Å². The molecule has 31 heavy (non-hydrogen) atoms. The first-order valence-electron chi connectivity index (χ1n) is 13.1. The summed E-state index contributed by atoms with van der Waals surface area (Å²) in [6, 6.07) is 0. The van der Waals surface area contributed by atoms with E-state index in [-0.39, 0.29) is 33.2 Å². The Kier molecular flexibility index (Phi) is 6.38. The second-order valence-corrected chi connectivity index (χ2v) is 15.8. The monoisotopic (exact) mass is 431 g/mol. The normalized spacial score (nSPS) is 32.5. The van der Waals surface area contributed by atoms with Crippen molar-refractivity contribution in [1.29, 1.82) is 0 Å². The Hall–Kier alpha value is -0.0551. The molecule has 3 nitrogen and oxygen atoms in total. The molecule has 3 fully saturated rings. The van der Waals surface area contributed by atoms with Gasteiger partial charge in [0.1, 0.15) is 6.71 Å². The van der Waals surface area contributed by atoms with Crippen LogP contribution < -0.4 is 16.0 Å². The van der Waals surface area contributed by atoms with E-state index in [0.29, 0.717) is 0 Å². The van der Waals surface area contributed by atoms with E-state index >= 15 is 0 Å². The Morgan fingerprint density at radius 1 is 0.387 bits per heavy atom. The highest BCUT2D eigenvalue weighted by atomic mass is 15.1. The first-order valence-corrected chi connectivity index (χ1v) is 13.1. The number of rotatable bonds is 3. The molecule has 3 aliphatic rings. The van der Waals surface area contributed by atoms with Crippen LogP contribution in [0.2, 0.25) is 17.5 Å². The molecule has 0 spiro atoms. The lowest BCUT2D eigenvalue weighted by Crippen LogP contribution is -2.64. The fraction of sp³-hybridized carbons (Fsp3) is 1.00. The van der Waals surface area contributed by atoms with Crippen LogP contribution in [-0.4, -0.2) is 39.9 Å². The van der Waals surface area contributed by atoms with Crippen molar-refractivity contribution < 1.29 is 0 Å². The Bertz CT molecular complexity index is 523. The summed E-state index contributed by atoms with van der Waals surface area (Å²) in [5.74, 6) is 2.36. The third kappa shape index (κ3) is 6.51. The van der Waals surface area contributed by atoms with Crippen LogP contribution in [0.1, 0.15) is 122 Å². The third-order valence-electron chi connectivity index (χ3n) is 8.30. The van der Waals surface area contributed by atoms with Gasteiger partial charge in [-0.25, -0.2) is 0 Å². The fourth-order valence-electron chi connectivity index (χ4n) is 9.17. The minimum Gasteiger partial charge on any atom is -0.307 e. The van der Waals surface area contributed by atoms with Gasteiger partial charge in [-0.05, 0) is 122 Å². The maximum Gasteiger partial charge on any atom is 0.150 e. The predicted molar refractivity (Wildman–Crippen MR) is 139 cm³/mol. The average molecular weight is 432 g/mol. The summed E-state index contributed by atoms with van der Waals surface area (Å²) in [6.45, 7) is 30.0. The van der Waals surface area contributed by atoms with E-state index in [1.54, 1.807) is 0 Å². The van der Waals surface area contributed by atoms with Gasteiger partial charge in [-0.1, -0.05) is 17.5 Å². The maximum absolute atomic E-state index is 3.96. The predicted octanol–water partition coefficient (Wildman–Crippen LogP) is 6.41. The molecular formula is C27H54BN3. The molecule has 0 unspecified atom stereocenters. The zero-order valence-electron chi connectivity index (χ0n) is 23.1. The Morgan fingerprint density at radius 2 is 0.548 bits per heavy atom. The minimum atomic E-state index is 0.209. The molecule has 0 saturated carbocycles. The third-order valence-corrected chi connectivity index (χ3v) is 8.30. The fourth-order valence-corrected chi connectivity index (χ4v) is 9.17. The van der Waals surface area contributed by atoms with Crippen molar-refractivity contribution in [2.75, 3.05) is 0 Å². The molecule has 0 bridgehead atoms. The van der Waals surface area contributed by atoms with Gasteiger partial charge < -0.3 is 16.0 Å². The molecule has 3 saturated heterocycles. The number of nitrogens with one attached hydrogen (secondary N) is 3. The molecule has 180 valence electrons. The molecule has 0 atom stereocenters. The van der Waals surface area contributed by atoms with Gasteiger partial charge in [-0.3, -0.25) is 0 Å². The highest BCUT2D eigenvalue weighted by Crippen LogP contribution is 2.54. The Balaban J connectivity index is 2.02. The van der Waals surface area contributed by atoms with Gasteiger partial charge in [0.2, 0.25) is 0 Å². The van der Waals surface area contributed by atoms with Gasteiger partial charge >= 0.3 is 0 Å². The minimum absolute atomic E-state index is 0.209. The standard InChI is InChI=1S/C27H54BN3/c1-22(2)13-19(14-23(3,4)29-22)28(20-15-24(5,6)30-25(7,8)16-20)21-17-26(9,10)31-27(11,12)18-21/h19-21,29-31H,13-18H2,1-12H3. The Morgan fingerprint density at radius 3 is 0.710 bits per heavy atom. The first-order chi connectivity index (χ1) is 13.7. The van der Waals surface area contributed by atoms with Crippen molar-refractivity contribution in [2.45, 2.75) is 172 Å². The number of piperidine rings is 3. The first kappa shape index (κ1) is 25.6. The van der Waals surface area contributed by atoms with Crippen LogP contribution in [0.15, 0.2) is 0 Å². The van der Waals surface area contributed by atoms with Crippen LogP contribution in [0.4, 0.5) is 0 Å². The van der Waals surface area contributed by atoms with Crippen molar-refractivity contribution in [3.05, 3.63) is 0 Å². The summed E-state index contributed by atoms with van der Waals surface area (Å²) >= 11 is 0. The summed E-state index contributed by atoms with van der Waals surface area (Å²) in [5.41, 5.74) is 1.25. The van der Waals surface area contributed by atoms with Gasteiger partial charge in [0.15, 0.2) is 0 Å². The summed E-state index contributed by atoms with van der Waals surface area (Å²) < 4.78 is 0. The van der Waals surface area contributed by atoms with Gasteiger partial charge in [0.05, 0.1) is 0 Å². The quantitative estimate of drug-likeness (QED) is 0.452. The van der Waals surface area contributed by atoms with E-state index in [0.717, 1.165) is 24.2 Å². The molecular weight excluding hydrogens is 377 g/mol. The largest absolute Gasteiger partial charge is 0.307 e. The lowest BCUT2D eigenvalue weighted by Gasteiger charge is -2.57. The van der Waals surface area contributed by atoms with E-state index in [9.17, 15) is 0 Å². The zero-order chi connectivity index (χ0) is 23.7. The highest BCUT2D eigenvalue weighted by molar-refractivity contribution is 6.64. The smallest absolute Gasteiger partial charge is 0.150 e. The van der Waals surface area contributed by atoms with Crippen LogP contribution >= 0.6 is 0 Å². The van der Waals surface area contributed by atoms with Crippen LogP contribution in [-0.2, 0) is 0 Å². The van der Waals surface area contributed by atoms with E-state index in [1.807, 2.05) is 0 Å². The molecule has 4 heteroatoms. The van der Waals surface area contributed by atoms with Gasteiger partial charge in [-0.2, -0.15) is 0 Å². The topological polar surface area (TPSA) is 36.1 Å². The molecule has 3 N–H and O–H groups in total. The van der Waals surface area contributed by atoms with Crippen molar-refractivity contribution in [3.8, 4) is 0 Å². The van der Waals surface area contributed by atoms with Crippen molar-refractivity contribution >= 4 is 6.71 Å². The Labute approximate surface area is 195 Å².